The summed E-state index contributed by atoms with van der Waals surface area (Å²) in [6.45, 7) is 7.71. The van der Waals surface area contributed by atoms with Crippen LogP contribution < -0.4 is 5.32 Å². The molecule has 0 aromatic carbocycles. The highest BCUT2D eigenvalue weighted by Crippen LogP contribution is 2.04. The van der Waals surface area contributed by atoms with Crippen LogP contribution in [0.4, 0.5) is 0 Å². The van der Waals surface area contributed by atoms with Crippen molar-refractivity contribution >= 4 is 0 Å². The first-order valence-corrected chi connectivity index (χ1v) is 5.83. The highest BCUT2D eigenvalue weighted by Gasteiger charge is 2.21. The predicted molar refractivity (Wildman–Crippen MR) is 63.0 cm³/mol. The first kappa shape index (κ1) is 12.9. The second kappa shape index (κ2) is 6.43. The van der Waals surface area contributed by atoms with Crippen LogP contribution >= 0.6 is 0 Å². The van der Waals surface area contributed by atoms with Crippen molar-refractivity contribution in [2.24, 2.45) is 5.92 Å². The van der Waals surface area contributed by atoms with Crippen LogP contribution in [0, 0.1) is 5.92 Å². The number of nitrogens with zero attached hydrogens (tertiary/aromatic N) is 2. The average Bonchev–Trinajstić information content (AvgIpc) is 2.23. The van der Waals surface area contributed by atoms with Gasteiger partial charge in [-0.1, -0.05) is 6.92 Å². The molecule has 15 heavy (non-hydrogen) atoms. The summed E-state index contributed by atoms with van der Waals surface area (Å²) < 4.78 is 0. The molecule has 2 unspecified atom stereocenters. The summed E-state index contributed by atoms with van der Waals surface area (Å²) >= 11 is 0. The van der Waals surface area contributed by atoms with Crippen molar-refractivity contribution in [3.8, 4) is 0 Å². The summed E-state index contributed by atoms with van der Waals surface area (Å²) in [5, 5.41) is 12.3. The summed E-state index contributed by atoms with van der Waals surface area (Å²) in [7, 11) is 4.37. The molecule has 1 fully saturated rings. The van der Waals surface area contributed by atoms with E-state index in [4.69, 9.17) is 5.11 Å². The maximum Gasteiger partial charge on any atom is 0.0468 e. The van der Waals surface area contributed by atoms with Crippen LogP contribution in [-0.4, -0.2) is 74.4 Å². The predicted octanol–water partition coefficient (Wildman–Crippen LogP) is -0.550. The van der Waals surface area contributed by atoms with Gasteiger partial charge in [-0.2, -0.15) is 0 Å². The molecule has 0 aliphatic carbocycles. The lowest BCUT2D eigenvalue weighted by Gasteiger charge is -2.38. The second-order valence-corrected chi connectivity index (χ2v) is 4.84. The number of piperazine rings is 1. The number of hydrogen-bond donors (Lipinski definition) is 2. The summed E-state index contributed by atoms with van der Waals surface area (Å²) in [5.74, 6) is 0.358. The lowest BCUT2D eigenvalue weighted by atomic mass is 10.1. The van der Waals surface area contributed by atoms with Crippen molar-refractivity contribution in [1.82, 2.24) is 15.1 Å². The quantitative estimate of drug-likeness (QED) is 0.645. The van der Waals surface area contributed by atoms with Crippen molar-refractivity contribution < 1.29 is 5.11 Å². The van der Waals surface area contributed by atoms with Crippen LogP contribution in [-0.2, 0) is 0 Å². The molecule has 0 aromatic heterocycles. The number of hydrogen-bond acceptors (Lipinski definition) is 4. The van der Waals surface area contributed by atoms with E-state index in [-0.39, 0.29) is 6.61 Å². The molecule has 0 saturated carbocycles. The summed E-state index contributed by atoms with van der Waals surface area (Å²) in [6.07, 6.45) is 0. The van der Waals surface area contributed by atoms with Crippen LogP contribution in [0.25, 0.3) is 0 Å². The molecule has 0 aromatic rings. The number of aliphatic hydroxyl groups is 1. The first-order chi connectivity index (χ1) is 7.13. The van der Waals surface area contributed by atoms with Gasteiger partial charge in [0, 0.05) is 38.8 Å². The fraction of sp³-hybridized carbons (Fsp3) is 1.00. The van der Waals surface area contributed by atoms with Gasteiger partial charge in [0.2, 0.25) is 0 Å². The normalized spacial score (nSPS) is 26.8. The number of aliphatic hydroxyl groups excluding tert-OH is 1. The van der Waals surface area contributed by atoms with Gasteiger partial charge in [-0.3, -0.25) is 4.90 Å². The van der Waals surface area contributed by atoms with Gasteiger partial charge in [0.25, 0.3) is 0 Å². The van der Waals surface area contributed by atoms with E-state index in [0.29, 0.717) is 12.0 Å². The Morgan fingerprint density at radius 2 is 2.13 bits per heavy atom. The molecule has 4 heteroatoms. The van der Waals surface area contributed by atoms with Crippen molar-refractivity contribution in [3.05, 3.63) is 0 Å². The summed E-state index contributed by atoms with van der Waals surface area (Å²) in [4.78, 5) is 4.79. The Labute approximate surface area is 93.2 Å². The van der Waals surface area contributed by atoms with E-state index >= 15 is 0 Å². The van der Waals surface area contributed by atoms with Crippen LogP contribution in [0.15, 0.2) is 0 Å². The fourth-order valence-electron chi connectivity index (χ4n) is 1.88. The van der Waals surface area contributed by atoms with Gasteiger partial charge in [0.05, 0.1) is 0 Å². The molecule has 2 N–H and O–H groups in total. The third-order valence-electron chi connectivity index (χ3n) is 3.16. The van der Waals surface area contributed by atoms with Crippen LogP contribution in [0.1, 0.15) is 6.92 Å². The molecule has 1 aliphatic rings. The Hall–Kier alpha value is -0.160. The molecule has 1 aliphatic heterocycles. The molecule has 0 bridgehead atoms. The molecule has 1 heterocycles. The van der Waals surface area contributed by atoms with Gasteiger partial charge in [0.15, 0.2) is 0 Å². The molecule has 90 valence electrons. The van der Waals surface area contributed by atoms with Gasteiger partial charge in [-0.25, -0.2) is 0 Å². The minimum Gasteiger partial charge on any atom is -0.396 e. The van der Waals surface area contributed by atoms with Gasteiger partial charge >= 0.3 is 0 Å². The van der Waals surface area contributed by atoms with Gasteiger partial charge < -0.3 is 15.3 Å². The van der Waals surface area contributed by atoms with Crippen LogP contribution in [0.2, 0.25) is 0 Å². The Morgan fingerprint density at radius 1 is 1.40 bits per heavy atom. The monoisotopic (exact) mass is 215 g/mol. The Kier molecular flexibility index (Phi) is 5.53. The van der Waals surface area contributed by atoms with Crippen molar-refractivity contribution in [1.29, 1.82) is 0 Å². The number of likely N-dealkylation sites (N-methyl/N-ethyl adjacent to an activating group) is 2. The summed E-state index contributed by atoms with van der Waals surface area (Å²) in [6, 6.07) is 0.606. The third-order valence-corrected chi connectivity index (χ3v) is 3.16. The average molecular weight is 215 g/mol. The lowest BCUT2D eigenvalue weighted by Crippen LogP contribution is -2.54. The van der Waals surface area contributed by atoms with E-state index < -0.39 is 0 Å². The SMILES string of the molecule is CC(CO)CNCC1CN(C)CCN1C. The van der Waals surface area contributed by atoms with Crippen molar-refractivity contribution in [2.45, 2.75) is 13.0 Å². The van der Waals surface area contributed by atoms with Gasteiger partial charge in [0.1, 0.15) is 0 Å². The second-order valence-electron chi connectivity index (χ2n) is 4.84. The topological polar surface area (TPSA) is 38.7 Å². The molecule has 0 spiro atoms. The maximum absolute atomic E-state index is 8.91. The zero-order valence-corrected chi connectivity index (χ0v) is 10.2. The summed E-state index contributed by atoms with van der Waals surface area (Å²) in [5.41, 5.74) is 0. The number of nitrogens with one attached hydrogen (secondary N) is 1. The van der Waals surface area contributed by atoms with E-state index in [1.54, 1.807) is 0 Å². The van der Waals surface area contributed by atoms with Crippen molar-refractivity contribution in [3.63, 3.8) is 0 Å². The lowest BCUT2D eigenvalue weighted by molar-refractivity contribution is 0.112. The molecule has 4 nitrogen and oxygen atoms in total. The zero-order chi connectivity index (χ0) is 11.3. The Balaban J connectivity index is 2.18. The molecule has 1 rings (SSSR count). The highest BCUT2D eigenvalue weighted by atomic mass is 16.3. The molecular weight excluding hydrogens is 190 g/mol. The van der Waals surface area contributed by atoms with E-state index in [9.17, 15) is 0 Å². The molecular formula is C11H25N3O. The number of rotatable bonds is 5. The minimum absolute atomic E-state index is 0.271. The van der Waals surface area contributed by atoms with E-state index in [0.717, 1.165) is 26.2 Å². The largest absolute Gasteiger partial charge is 0.396 e. The fourth-order valence-corrected chi connectivity index (χ4v) is 1.88. The van der Waals surface area contributed by atoms with E-state index in [1.807, 2.05) is 0 Å². The Morgan fingerprint density at radius 3 is 2.80 bits per heavy atom. The van der Waals surface area contributed by atoms with Gasteiger partial charge in [-0.15, -0.1) is 0 Å². The third kappa shape index (κ3) is 4.47. The Bertz CT molecular complexity index is 177. The zero-order valence-electron chi connectivity index (χ0n) is 10.2. The molecule has 0 amide bonds. The van der Waals surface area contributed by atoms with Crippen molar-refractivity contribution in [2.75, 3.05) is 53.4 Å². The smallest absolute Gasteiger partial charge is 0.0468 e. The van der Waals surface area contributed by atoms with E-state index in [1.165, 1.54) is 6.54 Å². The van der Waals surface area contributed by atoms with Crippen LogP contribution in [0.5, 0.6) is 0 Å². The maximum atomic E-state index is 8.91. The standard InChI is InChI=1S/C11H25N3O/c1-10(9-15)6-12-7-11-8-13(2)4-5-14(11)3/h10-12,15H,4-9H2,1-3H3. The van der Waals surface area contributed by atoms with Crippen LogP contribution in [0.3, 0.4) is 0 Å². The van der Waals surface area contributed by atoms with Gasteiger partial charge in [-0.05, 0) is 26.6 Å². The minimum atomic E-state index is 0.271. The molecule has 1 saturated heterocycles. The van der Waals surface area contributed by atoms with E-state index in [2.05, 4.69) is 36.1 Å². The first-order valence-electron chi connectivity index (χ1n) is 5.83. The molecule has 2 atom stereocenters. The highest BCUT2D eigenvalue weighted by molar-refractivity contribution is 4.80. The molecule has 0 radical (unpaired) electrons.